The lowest BCUT2D eigenvalue weighted by Gasteiger charge is -2.31. The predicted octanol–water partition coefficient (Wildman–Crippen LogP) is 7.08. The smallest absolute Gasteiger partial charge is 0.255 e. The van der Waals surface area contributed by atoms with E-state index < -0.39 is 0 Å². The molecule has 11 heteroatoms. The van der Waals surface area contributed by atoms with E-state index in [2.05, 4.69) is 21.2 Å². The number of amides is 3. The molecule has 3 aromatic rings. The van der Waals surface area contributed by atoms with Crippen molar-refractivity contribution in [1.29, 1.82) is 0 Å². The van der Waals surface area contributed by atoms with E-state index in [0.29, 0.717) is 46.3 Å². The molecule has 0 radical (unpaired) electrons. The lowest BCUT2D eigenvalue weighted by Crippen LogP contribution is -2.33. The summed E-state index contributed by atoms with van der Waals surface area (Å²) in [6.07, 6.45) is 4.38. The summed E-state index contributed by atoms with van der Waals surface area (Å²) in [5, 5.41) is 3.54. The van der Waals surface area contributed by atoms with Gasteiger partial charge in [0.1, 0.15) is 12.4 Å². The van der Waals surface area contributed by atoms with Gasteiger partial charge in [0.15, 0.2) is 0 Å². The van der Waals surface area contributed by atoms with Gasteiger partial charge >= 0.3 is 0 Å². The van der Waals surface area contributed by atoms with Gasteiger partial charge in [-0.2, -0.15) is 0 Å². The molecule has 1 aliphatic rings. The topological polar surface area (TPSA) is 105 Å². The van der Waals surface area contributed by atoms with Gasteiger partial charge < -0.3 is 20.7 Å². The molecular formula is C33H33BrCl2N4O4. The molecule has 0 aliphatic carbocycles. The highest BCUT2D eigenvalue weighted by Crippen LogP contribution is 2.37. The molecule has 230 valence electrons. The van der Waals surface area contributed by atoms with Crippen LogP contribution in [0.1, 0.15) is 37.0 Å². The van der Waals surface area contributed by atoms with Crippen LogP contribution in [0.25, 0.3) is 6.08 Å². The minimum atomic E-state index is -0.298. The number of nitrogens with zero attached hydrogens (tertiary/aromatic N) is 2. The number of anilines is 3. The third-order valence-electron chi connectivity index (χ3n) is 7.25. The van der Waals surface area contributed by atoms with Crippen LogP contribution in [0, 0.1) is 0 Å². The fourth-order valence-electron chi connectivity index (χ4n) is 4.66. The standard InChI is InChI=1S/C33H33BrCl2N4O4/c1-4-25(34)33(43)38-23-12-9-21(10-13-23)11-16-30(41)40-20(2)29(17-22-7-5-6-8-27(22)40)44-19-24-26(35)14-15-28(32(24)36)39(3)31(42)18-37/h5-16,25H,4,17-19,37H2,1-3H3,(H,38,43). The molecule has 3 N–H and O–H groups in total. The molecule has 1 unspecified atom stereocenters. The number of benzene rings is 3. The van der Waals surface area contributed by atoms with Crippen molar-refractivity contribution in [3.05, 3.63) is 105 Å². The highest BCUT2D eigenvalue weighted by Gasteiger charge is 2.28. The van der Waals surface area contributed by atoms with E-state index in [0.717, 1.165) is 16.8 Å². The second kappa shape index (κ2) is 14.9. The summed E-state index contributed by atoms with van der Waals surface area (Å²) in [5.74, 6) is -0.0700. The summed E-state index contributed by atoms with van der Waals surface area (Å²) in [5.41, 5.74) is 10.3. The maximum absolute atomic E-state index is 13.6. The molecule has 0 bridgehead atoms. The van der Waals surface area contributed by atoms with Crippen molar-refractivity contribution in [1.82, 2.24) is 0 Å². The minimum Gasteiger partial charge on any atom is -0.491 e. The fraction of sp³-hybridized carbons (Fsp3) is 0.242. The number of carbonyl (C=O) groups is 3. The van der Waals surface area contributed by atoms with Crippen LogP contribution in [0.4, 0.5) is 17.1 Å². The van der Waals surface area contributed by atoms with E-state index in [-0.39, 0.29) is 40.7 Å². The van der Waals surface area contributed by atoms with Crippen LogP contribution in [0.15, 0.2) is 78.2 Å². The molecule has 1 atom stereocenters. The van der Waals surface area contributed by atoms with Gasteiger partial charge in [0.2, 0.25) is 11.8 Å². The van der Waals surface area contributed by atoms with E-state index in [9.17, 15) is 14.4 Å². The Bertz CT molecular complexity index is 1620. The average Bonchev–Trinajstić information content (AvgIpc) is 3.03. The third kappa shape index (κ3) is 7.53. The number of allylic oxidation sites excluding steroid dienone is 2. The lowest BCUT2D eigenvalue weighted by atomic mass is 10.0. The molecule has 1 heterocycles. The number of hydrogen-bond donors (Lipinski definition) is 2. The summed E-state index contributed by atoms with van der Waals surface area (Å²) in [6.45, 7) is 3.62. The molecule has 1 aliphatic heterocycles. The molecule has 8 nitrogen and oxygen atoms in total. The Labute approximate surface area is 275 Å². The summed E-state index contributed by atoms with van der Waals surface area (Å²) in [6, 6.07) is 18.2. The molecule has 44 heavy (non-hydrogen) atoms. The summed E-state index contributed by atoms with van der Waals surface area (Å²) in [4.78, 5) is 40.7. The Kier molecular flexibility index (Phi) is 11.3. The van der Waals surface area contributed by atoms with E-state index in [1.807, 2.05) is 50.2 Å². The van der Waals surface area contributed by atoms with E-state index in [4.69, 9.17) is 33.7 Å². The van der Waals surface area contributed by atoms with Gasteiger partial charge in [-0.1, -0.05) is 76.4 Å². The van der Waals surface area contributed by atoms with E-state index in [1.165, 1.54) is 11.0 Å². The van der Waals surface area contributed by atoms with Crippen molar-refractivity contribution in [2.45, 2.75) is 38.1 Å². The van der Waals surface area contributed by atoms with Crippen LogP contribution >= 0.6 is 39.1 Å². The van der Waals surface area contributed by atoms with Crippen LogP contribution in [0.5, 0.6) is 0 Å². The number of fused-ring (bicyclic) bond motifs is 1. The first-order valence-electron chi connectivity index (χ1n) is 14.0. The van der Waals surface area contributed by atoms with Crippen molar-refractivity contribution in [2.75, 3.05) is 28.7 Å². The second-order valence-corrected chi connectivity index (χ2v) is 12.0. The lowest BCUT2D eigenvalue weighted by molar-refractivity contribution is -0.117. The first kappa shape index (κ1) is 33.3. The monoisotopic (exact) mass is 698 g/mol. The van der Waals surface area contributed by atoms with Crippen LogP contribution in [-0.4, -0.2) is 36.1 Å². The second-order valence-electron chi connectivity index (χ2n) is 10.1. The SMILES string of the molecule is CCC(Br)C(=O)Nc1ccc(C=CC(=O)N2C(C)=C(OCc3c(Cl)ccc(N(C)C(=O)CN)c3Cl)Cc3ccccc32)cc1. The molecule has 0 fully saturated rings. The van der Waals surface area contributed by atoms with Gasteiger partial charge in [-0.25, -0.2) is 0 Å². The van der Waals surface area contributed by atoms with Crippen LogP contribution in [0.3, 0.4) is 0 Å². The molecule has 0 saturated heterocycles. The quantitative estimate of drug-likeness (QED) is 0.174. The van der Waals surface area contributed by atoms with Crippen LogP contribution in [-0.2, 0) is 32.1 Å². The van der Waals surface area contributed by atoms with Crippen molar-refractivity contribution in [3.63, 3.8) is 0 Å². The molecule has 3 aromatic carbocycles. The van der Waals surface area contributed by atoms with Crippen molar-refractivity contribution in [2.24, 2.45) is 5.73 Å². The van der Waals surface area contributed by atoms with Gasteiger partial charge in [0, 0.05) is 35.8 Å². The number of hydrogen-bond acceptors (Lipinski definition) is 5. The maximum Gasteiger partial charge on any atom is 0.255 e. The molecule has 0 saturated carbocycles. The van der Waals surface area contributed by atoms with Gasteiger partial charge in [-0.3, -0.25) is 19.3 Å². The third-order valence-corrected chi connectivity index (χ3v) is 9.09. The molecule has 3 amide bonds. The van der Waals surface area contributed by atoms with Gasteiger partial charge in [0.05, 0.1) is 33.5 Å². The zero-order chi connectivity index (χ0) is 32.0. The first-order chi connectivity index (χ1) is 21.0. The Morgan fingerprint density at radius 1 is 1.11 bits per heavy atom. The minimum absolute atomic E-state index is 0.0276. The zero-order valence-electron chi connectivity index (χ0n) is 24.6. The highest BCUT2D eigenvalue weighted by atomic mass is 79.9. The van der Waals surface area contributed by atoms with Gasteiger partial charge in [0.25, 0.3) is 5.91 Å². The number of carbonyl (C=O) groups excluding carboxylic acids is 3. The van der Waals surface area contributed by atoms with Crippen molar-refractivity contribution >= 4 is 80.0 Å². The number of para-hydroxylation sites is 1. The largest absolute Gasteiger partial charge is 0.491 e. The average molecular weight is 700 g/mol. The Morgan fingerprint density at radius 3 is 2.50 bits per heavy atom. The summed E-state index contributed by atoms with van der Waals surface area (Å²) >= 11 is 16.5. The normalized spacial score (nSPS) is 13.5. The number of alkyl halides is 1. The number of likely N-dealkylation sites (N-methyl/N-ethyl adjacent to an activating group) is 1. The van der Waals surface area contributed by atoms with Crippen LogP contribution in [0.2, 0.25) is 10.0 Å². The number of nitrogens with two attached hydrogens (primary N) is 1. The fourth-order valence-corrected chi connectivity index (χ4v) is 5.38. The maximum atomic E-state index is 13.6. The predicted molar refractivity (Wildman–Crippen MR) is 181 cm³/mol. The highest BCUT2D eigenvalue weighted by molar-refractivity contribution is 9.10. The van der Waals surface area contributed by atoms with Crippen molar-refractivity contribution in [3.8, 4) is 0 Å². The van der Waals surface area contributed by atoms with E-state index in [1.54, 1.807) is 42.3 Å². The van der Waals surface area contributed by atoms with Crippen molar-refractivity contribution < 1.29 is 19.1 Å². The van der Waals surface area contributed by atoms with Gasteiger partial charge in [-0.15, -0.1) is 0 Å². The molecule has 0 aromatic heterocycles. The molecular weight excluding hydrogens is 667 g/mol. The van der Waals surface area contributed by atoms with Gasteiger partial charge in [-0.05, 0) is 60.9 Å². The number of rotatable bonds is 10. The first-order valence-corrected chi connectivity index (χ1v) is 15.6. The molecule has 0 spiro atoms. The number of nitrogens with one attached hydrogen (secondary N) is 1. The molecule has 4 rings (SSSR count). The Morgan fingerprint density at radius 2 is 1.82 bits per heavy atom. The number of ether oxygens (including phenoxy) is 1. The van der Waals surface area contributed by atoms with Crippen LogP contribution < -0.4 is 20.9 Å². The Balaban J connectivity index is 1.55. The summed E-state index contributed by atoms with van der Waals surface area (Å²) in [7, 11) is 1.59. The zero-order valence-corrected chi connectivity index (χ0v) is 27.7. The van der Waals surface area contributed by atoms with E-state index >= 15 is 0 Å². The number of halogens is 3. The summed E-state index contributed by atoms with van der Waals surface area (Å²) < 4.78 is 6.26. The Hall–Kier alpha value is -3.63.